The van der Waals surface area contributed by atoms with Crippen molar-refractivity contribution in [2.24, 2.45) is 7.05 Å². The summed E-state index contributed by atoms with van der Waals surface area (Å²) in [6.45, 7) is 2.89. The van der Waals surface area contributed by atoms with Crippen LogP contribution in [0.4, 0.5) is 5.69 Å². The van der Waals surface area contributed by atoms with Crippen LogP contribution in [0.25, 0.3) is 0 Å². The molecule has 0 spiro atoms. The lowest BCUT2D eigenvalue weighted by molar-refractivity contribution is 0.316. The predicted octanol–water partition coefficient (Wildman–Crippen LogP) is 3.05. The van der Waals surface area contributed by atoms with Gasteiger partial charge in [-0.2, -0.15) is 5.10 Å². The number of anilines is 1. The minimum absolute atomic E-state index is 0.294. The van der Waals surface area contributed by atoms with Crippen LogP contribution >= 0.6 is 0 Å². The van der Waals surface area contributed by atoms with Crippen molar-refractivity contribution < 1.29 is 4.74 Å². The zero-order valence-corrected chi connectivity index (χ0v) is 11.4. The van der Waals surface area contributed by atoms with Crippen LogP contribution < -0.4 is 10.1 Å². The molecule has 0 bridgehead atoms. The summed E-state index contributed by atoms with van der Waals surface area (Å²) in [6.07, 6.45) is 6.00. The average Bonchev–Trinajstić information content (AvgIpc) is 2.68. The Kier molecular flexibility index (Phi) is 3.15. The van der Waals surface area contributed by atoms with Crippen LogP contribution in [0, 0.1) is 6.92 Å². The molecule has 0 unspecified atom stereocenters. The van der Waals surface area contributed by atoms with E-state index in [0.29, 0.717) is 6.04 Å². The van der Waals surface area contributed by atoms with Crippen LogP contribution in [0.2, 0.25) is 0 Å². The first-order valence-corrected chi connectivity index (χ1v) is 6.71. The maximum atomic E-state index is 5.84. The largest absolute Gasteiger partial charge is 0.493 e. The van der Waals surface area contributed by atoms with Gasteiger partial charge in [-0.3, -0.25) is 4.68 Å². The van der Waals surface area contributed by atoms with Crippen molar-refractivity contribution >= 4 is 5.69 Å². The van der Waals surface area contributed by atoms with Crippen molar-refractivity contribution in [3.05, 3.63) is 41.7 Å². The number of rotatable bonds is 2. The minimum atomic E-state index is 0.294. The summed E-state index contributed by atoms with van der Waals surface area (Å²) in [4.78, 5) is 0. The molecule has 1 N–H and O–H groups in total. The van der Waals surface area contributed by atoms with Gasteiger partial charge in [0.15, 0.2) is 0 Å². The molecule has 0 radical (unpaired) electrons. The maximum Gasteiger partial charge on any atom is 0.124 e. The number of ether oxygens (including phenoxy) is 1. The van der Waals surface area contributed by atoms with Gasteiger partial charge >= 0.3 is 0 Å². The number of nitrogens with one attached hydrogen (secondary N) is 1. The van der Waals surface area contributed by atoms with E-state index in [1.165, 1.54) is 11.1 Å². The van der Waals surface area contributed by atoms with Crippen molar-refractivity contribution in [1.82, 2.24) is 9.78 Å². The third-order valence-corrected chi connectivity index (χ3v) is 3.48. The SMILES string of the molecule is Cc1ccc2c(c1)OCCC[C@@H]2Nc1cnn(C)c1. The molecule has 0 saturated carbocycles. The molecule has 19 heavy (non-hydrogen) atoms. The zero-order valence-electron chi connectivity index (χ0n) is 11.4. The highest BCUT2D eigenvalue weighted by Gasteiger charge is 2.20. The standard InChI is InChI=1S/C15H19N3O/c1-11-5-6-13-14(4-3-7-19-15(13)8-11)17-12-9-16-18(2)10-12/h5-6,8-10,14,17H,3-4,7H2,1-2H3/t14-/m0/s1. The lowest BCUT2D eigenvalue weighted by atomic mass is 10.0. The third kappa shape index (κ3) is 2.57. The Labute approximate surface area is 113 Å². The fourth-order valence-corrected chi connectivity index (χ4v) is 2.53. The Morgan fingerprint density at radius 3 is 3.11 bits per heavy atom. The smallest absolute Gasteiger partial charge is 0.124 e. The van der Waals surface area contributed by atoms with Crippen LogP contribution in [0.3, 0.4) is 0 Å². The summed E-state index contributed by atoms with van der Waals surface area (Å²) >= 11 is 0. The average molecular weight is 257 g/mol. The zero-order chi connectivity index (χ0) is 13.2. The quantitative estimate of drug-likeness (QED) is 0.898. The Hall–Kier alpha value is -1.97. The lowest BCUT2D eigenvalue weighted by Gasteiger charge is -2.18. The number of hydrogen-bond acceptors (Lipinski definition) is 3. The molecular formula is C15H19N3O. The van der Waals surface area contributed by atoms with E-state index in [4.69, 9.17) is 4.74 Å². The Bertz CT molecular complexity index is 577. The summed E-state index contributed by atoms with van der Waals surface area (Å²) in [6, 6.07) is 6.73. The molecule has 100 valence electrons. The summed E-state index contributed by atoms with van der Waals surface area (Å²) in [5, 5.41) is 7.75. The van der Waals surface area contributed by atoms with Gasteiger partial charge < -0.3 is 10.1 Å². The van der Waals surface area contributed by atoms with E-state index in [9.17, 15) is 0 Å². The molecule has 0 aliphatic carbocycles. The lowest BCUT2D eigenvalue weighted by Crippen LogP contribution is -2.09. The topological polar surface area (TPSA) is 39.1 Å². The highest BCUT2D eigenvalue weighted by Crippen LogP contribution is 2.34. The van der Waals surface area contributed by atoms with E-state index in [0.717, 1.165) is 30.9 Å². The summed E-state index contributed by atoms with van der Waals surface area (Å²) in [5.41, 5.74) is 3.54. The third-order valence-electron chi connectivity index (χ3n) is 3.48. The highest BCUT2D eigenvalue weighted by atomic mass is 16.5. The Morgan fingerprint density at radius 2 is 2.32 bits per heavy atom. The van der Waals surface area contributed by atoms with Gasteiger partial charge in [-0.05, 0) is 31.4 Å². The molecule has 0 saturated heterocycles. The van der Waals surface area contributed by atoms with Crippen LogP contribution in [0.5, 0.6) is 5.75 Å². The van der Waals surface area contributed by atoms with Crippen LogP contribution in [0.15, 0.2) is 30.6 Å². The number of nitrogens with zero attached hydrogens (tertiary/aromatic N) is 2. The molecule has 1 atom stereocenters. The van der Waals surface area contributed by atoms with E-state index < -0.39 is 0 Å². The number of aryl methyl sites for hydroxylation is 2. The van der Waals surface area contributed by atoms with Crippen LogP contribution in [0.1, 0.15) is 30.0 Å². The van der Waals surface area contributed by atoms with E-state index in [1.807, 2.05) is 24.1 Å². The van der Waals surface area contributed by atoms with Gasteiger partial charge in [-0.1, -0.05) is 12.1 Å². The number of benzene rings is 1. The molecule has 0 fully saturated rings. The molecule has 1 aromatic carbocycles. The second-order valence-electron chi connectivity index (χ2n) is 5.13. The maximum absolute atomic E-state index is 5.84. The molecule has 1 aliphatic heterocycles. The van der Waals surface area contributed by atoms with Gasteiger partial charge in [0.2, 0.25) is 0 Å². The molecule has 4 nitrogen and oxygen atoms in total. The predicted molar refractivity (Wildman–Crippen MR) is 75.5 cm³/mol. The number of aromatic nitrogens is 2. The fraction of sp³-hybridized carbons (Fsp3) is 0.400. The molecule has 1 aliphatic rings. The van der Waals surface area contributed by atoms with Gasteiger partial charge in [0.1, 0.15) is 5.75 Å². The first-order valence-electron chi connectivity index (χ1n) is 6.71. The molecule has 2 heterocycles. The van der Waals surface area contributed by atoms with Crippen molar-refractivity contribution in [3.63, 3.8) is 0 Å². The second kappa shape index (κ2) is 4.96. The van der Waals surface area contributed by atoms with E-state index in [-0.39, 0.29) is 0 Å². The molecule has 0 amide bonds. The van der Waals surface area contributed by atoms with Gasteiger partial charge in [0.05, 0.1) is 24.5 Å². The highest BCUT2D eigenvalue weighted by molar-refractivity contribution is 5.47. The van der Waals surface area contributed by atoms with Crippen molar-refractivity contribution in [3.8, 4) is 5.75 Å². The molecule has 4 heteroatoms. The molecule has 2 aromatic rings. The van der Waals surface area contributed by atoms with Crippen molar-refractivity contribution in [2.75, 3.05) is 11.9 Å². The van der Waals surface area contributed by atoms with E-state index in [1.54, 1.807) is 0 Å². The van der Waals surface area contributed by atoms with Crippen LogP contribution in [-0.4, -0.2) is 16.4 Å². The second-order valence-corrected chi connectivity index (χ2v) is 5.13. The van der Waals surface area contributed by atoms with Gasteiger partial charge in [-0.25, -0.2) is 0 Å². The molecule has 1 aromatic heterocycles. The Morgan fingerprint density at radius 1 is 1.42 bits per heavy atom. The number of hydrogen-bond donors (Lipinski definition) is 1. The molecule has 3 rings (SSSR count). The van der Waals surface area contributed by atoms with Crippen LogP contribution in [-0.2, 0) is 7.05 Å². The number of fused-ring (bicyclic) bond motifs is 1. The summed E-state index contributed by atoms with van der Waals surface area (Å²) in [7, 11) is 1.93. The monoisotopic (exact) mass is 257 g/mol. The Balaban J connectivity index is 1.89. The van der Waals surface area contributed by atoms with E-state index >= 15 is 0 Å². The first kappa shape index (κ1) is 12.1. The normalized spacial score (nSPS) is 18.3. The molecular weight excluding hydrogens is 238 g/mol. The summed E-state index contributed by atoms with van der Waals surface area (Å²) < 4.78 is 7.65. The van der Waals surface area contributed by atoms with E-state index in [2.05, 4.69) is 35.5 Å². The fourth-order valence-electron chi connectivity index (χ4n) is 2.53. The van der Waals surface area contributed by atoms with Crippen molar-refractivity contribution in [1.29, 1.82) is 0 Å². The van der Waals surface area contributed by atoms with Gasteiger partial charge in [0.25, 0.3) is 0 Å². The van der Waals surface area contributed by atoms with Gasteiger partial charge in [0, 0.05) is 18.8 Å². The van der Waals surface area contributed by atoms with Gasteiger partial charge in [-0.15, -0.1) is 0 Å². The minimum Gasteiger partial charge on any atom is -0.493 e. The first-order chi connectivity index (χ1) is 9.22. The summed E-state index contributed by atoms with van der Waals surface area (Å²) in [5.74, 6) is 1.01. The van der Waals surface area contributed by atoms with Crippen molar-refractivity contribution in [2.45, 2.75) is 25.8 Å².